The van der Waals surface area contributed by atoms with E-state index in [-0.39, 0.29) is 19.1 Å². The van der Waals surface area contributed by atoms with Crippen LogP contribution in [0.1, 0.15) is 5.56 Å². The summed E-state index contributed by atoms with van der Waals surface area (Å²) >= 11 is 1.54. The highest BCUT2D eigenvalue weighted by Gasteiger charge is 2.10. The lowest BCUT2D eigenvalue weighted by Crippen LogP contribution is -2.14. The summed E-state index contributed by atoms with van der Waals surface area (Å²) in [6, 6.07) is 15.8. The van der Waals surface area contributed by atoms with Crippen molar-refractivity contribution in [2.45, 2.75) is 6.42 Å². The Morgan fingerprint density at radius 1 is 1.17 bits per heavy atom. The number of carbonyl (C=O) groups excluding carboxylic acids is 1. The topological polar surface area (TPSA) is 67.0 Å². The lowest BCUT2D eigenvalue weighted by atomic mass is 10.1. The normalized spacial score (nSPS) is 11.0. The third-order valence-corrected chi connectivity index (χ3v) is 4.75. The molecule has 2 heterocycles. The molecule has 0 aliphatic carbocycles. The smallest absolute Gasteiger partial charge is 0.312 e. The van der Waals surface area contributed by atoms with Gasteiger partial charge in [-0.25, -0.2) is 4.98 Å². The summed E-state index contributed by atoms with van der Waals surface area (Å²) in [6.45, 7) is 0.112. The van der Waals surface area contributed by atoms with Gasteiger partial charge in [0.15, 0.2) is 11.9 Å². The van der Waals surface area contributed by atoms with E-state index in [2.05, 4.69) is 15.3 Å². The number of thiazole rings is 1. The molecule has 4 aromatic rings. The van der Waals surface area contributed by atoms with Crippen LogP contribution in [0.25, 0.3) is 21.1 Å². The summed E-state index contributed by atoms with van der Waals surface area (Å²) in [4.78, 5) is 19.6. The number of ether oxygens (including phenoxy) is 1. The predicted molar refractivity (Wildman–Crippen MR) is 96.2 cm³/mol. The average molecular weight is 337 g/mol. The van der Waals surface area contributed by atoms with Crippen molar-refractivity contribution in [3.05, 3.63) is 60.3 Å². The van der Waals surface area contributed by atoms with Crippen LogP contribution in [0, 0.1) is 0 Å². The second-order valence-corrected chi connectivity index (χ2v) is 6.39. The number of fused-ring (bicyclic) bond motifs is 2. The third kappa shape index (κ3) is 2.96. The molecule has 0 atom stereocenters. The zero-order valence-electron chi connectivity index (χ0n) is 12.8. The number of carbonyl (C=O) groups is 1. The molecule has 0 radical (unpaired) electrons. The summed E-state index contributed by atoms with van der Waals surface area (Å²) in [5.74, 6) is -0.270. The van der Waals surface area contributed by atoms with Crippen LogP contribution in [0.5, 0.6) is 0 Å². The maximum absolute atomic E-state index is 12.0. The largest absolute Gasteiger partial charge is 0.444 e. The van der Waals surface area contributed by atoms with Gasteiger partial charge in [0.1, 0.15) is 0 Å². The molecule has 0 fully saturated rings. The van der Waals surface area contributed by atoms with Crippen molar-refractivity contribution < 1.29 is 9.53 Å². The van der Waals surface area contributed by atoms with Crippen molar-refractivity contribution in [3.63, 3.8) is 0 Å². The summed E-state index contributed by atoms with van der Waals surface area (Å²) in [6.07, 6.45) is 2.10. The summed E-state index contributed by atoms with van der Waals surface area (Å²) in [7, 11) is 0. The number of aromatic amines is 1. The minimum absolute atomic E-state index is 0.112. The molecule has 0 saturated heterocycles. The molecule has 0 amide bonds. The fourth-order valence-corrected chi connectivity index (χ4v) is 3.46. The van der Waals surface area contributed by atoms with Crippen molar-refractivity contribution in [1.29, 1.82) is 0 Å². The van der Waals surface area contributed by atoms with Gasteiger partial charge < -0.3 is 15.0 Å². The van der Waals surface area contributed by atoms with E-state index >= 15 is 0 Å². The van der Waals surface area contributed by atoms with Crippen LogP contribution in [-0.2, 0) is 16.0 Å². The molecular weight excluding hydrogens is 322 g/mol. The summed E-state index contributed by atoms with van der Waals surface area (Å²) in [5.41, 5.74) is 2.90. The first kappa shape index (κ1) is 14.7. The standard InChI is InChI=1S/C18H15N3O2S/c22-17(9-12-10-19-14-6-2-1-5-13(12)14)23-11-20-18-21-15-7-3-4-8-16(15)24-18/h1-8,10,19H,9,11H2,(H,20,21). The molecule has 2 aromatic heterocycles. The number of esters is 1. The van der Waals surface area contributed by atoms with E-state index in [9.17, 15) is 4.79 Å². The molecule has 0 unspecified atom stereocenters. The highest BCUT2D eigenvalue weighted by atomic mass is 32.1. The monoisotopic (exact) mass is 337 g/mol. The molecule has 4 rings (SSSR count). The van der Waals surface area contributed by atoms with E-state index in [4.69, 9.17) is 4.74 Å². The van der Waals surface area contributed by atoms with Gasteiger partial charge in [-0.15, -0.1) is 0 Å². The van der Waals surface area contributed by atoms with Crippen LogP contribution in [0.15, 0.2) is 54.7 Å². The number of nitrogens with zero attached hydrogens (tertiary/aromatic N) is 1. The van der Waals surface area contributed by atoms with Gasteiger partial charge >= 0.3 is 5.97 Å². The van der Waals surface area contributed by atoms with Gasteiger partial charge in [0.25, 0.3) is 0 Å². The summed E-state index contributed by atoms with van der Waals surface area (Å²) in [5, 5.41) is 4.83. The van der Waals surface area contributed by atoms with Crippen molar-refractivity contribution in [3.8, 4) is 0 Å². The maximum Gasteiger partial charge on any atom is 0.312 e. The van der Waals surface area contributed by atoms with Crippen LogP contribution in [0.4, 0.5) is 5.13 Å². The van der Waals surface area contributed by atoms with Gasteiger partial charge in [0.05, 0.1) is 16.6 Å². The maximum atomic E-state index is 12.0. The Kier molecular flexibility index (Phi) is 3.88. The van der Waals surface area contributed by atoms with E-state index in [0.717, 1.165) is 31.8 Å². The molecule has 2 aromatic carbocycles. The van der Waals surface area contributed by atoms with Crippen LogP contribution in [-0.4, -0.2) is 22.7 Å². The zero-order chi connectivity index (χ0) is 16.4. The third-order valence-electron chi connectivity index (χ3n) is 3.76. The molecule has 2 N–H and O–H groups in total. The van der Waals surface area contributed by atoms with E-state index in [0.29, 0.717) is 0 Å². The van der Waals surface area contributed by atoms with Gasteiger partial charge in [-0.1, -0.05) is 41.7 Å². The predicted octanol–water partition coefficient (Wildman–Crippen LogP) is 3.93. The Bertz CT molecular complexity index is 973. The number of hydrogen-bond acceptors (Lipinski definition) is 5. The average Bonchev–Trinajstić information content (AvgIpc) is 3.19. The van der Waals surface area contributed by atoms with E-state index < -0.39 is 0 Å². The minimum Gasteiger partial charge on any atom is -0.444 e. The van der Waals surface area contributed by atoms with Gasteiger partial charge in [-0.05, 0) is 23.8 Å². The van der Waals surface area contributed by atoms with Crippen molar-refractivity contribution >= 4 is 43.6 Å². The first-order valence-corrected chi connectivity index (χ1v) is 8.41. The fraction of sp³-hybridized carbons (Fsp3) is 0.111. The second-order valence-electron chi connectivity index (χ2n) is 5.36. The number of benzene rings is 2. The van der Waals surface area contributed by atoms with E-state index in [1.807, 2.05) is 54.7 Å². The number of anilines is 1. The molecule has 0 spiro atoms. The quantitative estimate of drug-likeness (QED) is 0.428. The molecule has 0 aliphatic rings. The van der Waals surface area contributed by atoms with Gasteiger partial charge in [-0.3, -0.25) is 4.79 Å². The van der Waals surface area contributed by atoms with Crippen LogP contribution >= 0.6 is 11.3 Å². The van der Waals surface area contributed by atoms with Crippen molar-refractivity contribution in [2.24, 2.45) is 0 Å². The first-order valence-electron chi connectivity index (χ1n) is 7.60. The van der Waals surface area contributed by atoms with E-state index in [1.165, 1.54) is 11.3 Å². The van der Waals surface area contributed by atoms with Crippen LogP contribution < -0.4 is 5.32 Å². The molecule has 5 nitrogen and oxygen atoms in total. The number of rotatable bonds is 5. The number of H-pyrrole nitrogens is 1. The molecule has 120 valence electrons. The minimum atomic E-state index is -0.270. The van der Waals surface area contributed by atoms with Crippen molar-refractivity contribution in [1.82, 2.24) is 9.97 Å². The van der Waals surface area contributed by atoms with E-state index in [1.54, 1.807) is 0 Å². The molecule has 24 heavy (non-hydrogen) atoms. The number of nitrogens with one attached hydrogen (secondary N) is 2. The highest BCUT2D eigenvalue weighted by Crippen LogP contribution is 2.25. The Hall–Kier alpha value is -2.86. The number of hydrogen-bond donors (Lipinski definition) is 2. The first-order chi connectivity index (χ1) is 11.8. The Labute approximate surface area is 142 Å². The Morgan fingerprint density at radius 3 is 2.92 bits per heavy atom. The SMILES string of the molecule is O=C(Cc1c[nH]c2ccccc12)OCNc1nc2ccccc2s1. The van der Waals surface area contributed by atoms with Crippen molar-refractivity contribution in [2.75, 3.05) is 12.0 Å². The fourth-order valence-electron chi connectivity index (χ4n) is 2.61. The second kappa shape index (κ2) is 6.33. The lowest BCUT2D eigenvalue weighted by molar-refractivity contribution is -0.142. The van der Waals surface area contributed by atoms with Crippen LogP contribution in [0.2, 0.25) is 0 Å². The molecule has 0 saturated carbocycles. The Balaban J connectivity index is 1.35. The molecule has 0 aliphatic heterocycles. The number of aromatic nitrogens is 2. The molecule has 0 bridgehead atoms. The molecular formula is C18H15N3O2S. The van der Waals surface area contributed by atoms with Gasteiger partial charge in [0.2, 0.25) is 0 Å². The molecule has 6 heteroatoms. The highest BCUT2D eigenvalue weighted by molar-refractivity contribution is 7.22. The van der Waals surface area contributed by atoms with Gasteiger partial charge in [-0.2, -0.15) is 0 Å². The Morgan fingerprint density at radius 2 is 2.00 bits per heavy atom. The lowest BCUT2D eigenvalue weighted by Gasteiger charge is -2.05. The van der Waals surface area contributed by atoms with Crippen LogP contribution in [0.3, 0.4) is 0 Å². The zero-order valence-corrected chi connectivity index (χ0v) is 13.6. The number of para-hydroxylation sites is 2. The van der Waals surface area contributed by atoms with Gasteiger partial charge in [0, 0.05) is 17.1 Å². The summed E-state index contributed by atoms with van der Waals surface area (Å²) < 4.78 is 6.37.